The molecule has 106 valence electrons. The molecule has 0 spiro atoms. The second kappa shape index (κ2) is 4.43. The predicted molar refractivity (Wildman–Crippen MR) is 81.3 cm³/mol. The molecule has 0 amide bonds. The molecule has 1 aliphatic carbocycles. The highest BCUT2D eigenvalue weighted by Crippen LogP contribution is 2.51. The van der Waals surface area contributed by atoms with Gasteiger partial charge in [0, 0.05) is 5.92 Å². The minimum absolute atomic E-state index is 0.107. The molecule has 21 heavy (non-hydrogen) atoms. The van der Waals surface area contributed by atoms with E-state index in [9.17, 15) is 9.90 Å². The van der Waals surface area contributed by atoms with Gasteiger partial charge in [0.05, 0.1) is 0 Å². The summed E-state index contributed by atoms with van der Waals surface area (Å²) >= 11 is 0. The molecule has 1 fully saturated rings. The monoisotopic (exact) mass is 279 g/mol. The molecule has 1 saturated heterocycles. The number of fused-ring (bicyclic) bond motifs is 3. The lowest BCUT2D eigenvalue weighted by Crippen LogP contribution is -2.52. The summed E-state index contributed by atoms with van der Waals surface area (Å²) in [5.41, 5.74) is 3.74. The maximum absolute atomic E-state index is 12.1. The minimum atomic E-state index is -0.872. The molecular weight excluding hydrogens is 262 g/mol. The smallest absolute Gasteiger partial charge is 0.324 e. The van der Waals surface area contributed by atoms with E-state index in [1.54, 1.807) is 0 Å². The Balaban J connectivity index is 1.99. The summed E-state index contributed by atoms with van der Waals surface area (Å²) in [6.45, 7) is 0.771. The number of benzene rings is 2. The van der Waals surface area contributed by atoms with Crippen LogP contribution in [0, 0.1) is 0 Å². The molecule has 0 saturated carbocycles. The zero-order chi connectivity index (χ0) is 14.4. The van der Waals surface area contributed by atoms with Gasteiger partial charge in [-0.1, -0.05) is 48.5 Å². The van der Waals surface area contributed by atoms with Crippen molar-refractivity contribution >= 4 is 5.97 Å². The van der Waals surface area contributed by atoms with Gasteiger partial charge in [0.1, 0.15) is 5.54 Å². The van der Waals surface area contributed by atoms with E-state index >= 15 is 0 Å². The number of carboxylic acids is 1. The SMILES string of the molecule is O=C(O)[C@]1(C2c3ccccc3-c3ccccc32)CCCN1. The summed E-state index contributed by atoms with van der Waals surface area (Å²) in [5, 5.41) is 13.2. The topological polar surface area (TPSA) is 49.3 Å². The molecule has 2 N–H and O–H groups in total. The fraction of sp³-hybridized carbons (Fsp3) is 0.278. The van der Waals surface area contributed by atoms with E-state index in [0.717, 1.165) is 24.1 Å². The Hall–Kier alpha value is -2.13. The molecule has 1 atom stereocenters. The fourth-order valence-corrected chi connectivity index (χ4v) is 4.01. The van der Waals surface area contributed by atoms with Gasteiger partial charge in [0.25, 0.3) is 0 Å². The first-order valence-electron chi connectivity index (χ1n) is 7.41. The van der Waals surface area contributed by atoms with Crippen molar-refractivity contribution in [2.75, 3.05) is 6.54 Å². The molecule has 0 aromatic heterocycles. The van der Waals surface area contributed by atoms with Crippen LogP contribution in [0.3, 0.4) is 0 Å². The molecule has 3 nitrogen and oxygen atoms in total. The van der Waals surface area contributed by atoms with Crippen molar-refractivity contribution in [3.63, 3.8) is 0 Å². The maximum atomic E-state index is 12.1. The van der Waals surface area contributed by atoms with Crippen molar-refractivity contribution in [1.82, 2.24) is 5.32 Å². The summed E-state index contributed by atoms with van der Waals surface area (Å²) in [7, 11) is 0. The van der Waals surface area contributed by atoms with E-state index in [2.05, 4.69) is 29.6 Å². The van der Waals surface area contributed by atoms with Gasteiger partial charge in [-0.2, -0.15) is 0 Å². The van der Waals surface area contributed by atoms with E-state index in [0.29, 0.717) is 6.42 Å². The molecule has 1 aliphatic heterocycles. The second-order valence-electron chi connectivity index (χ2n) is 5.91. The van der Waals surface area contributed by atoms with E-state index < -0.39 is 11.5 Å². The second-order valence-corrected chi connectivity index (χ2v) is 5.91. The maximum Gasteiger partial charge on any atom is 0.324 e. The number of hydrogen-bond donors (Lipinski definition) is 2. The summed E-state index contributed by atoms with van der Waals surface area (Å²) in [4.78, 5) is 12.1. The number of aliphatic carboxylic acids is 1. The number of hydrogen-bond acceptors (Lipinski definition) is 2. The van der Waals surface area contributed by atoms with Crippen molar-refractivity contribution in [2.24, 2.45) is 0 Å². The van der Waals surface area contributed by atoms with Crippen LogP contribution in [0.4, 0.5) is 0 Å². The third kappa shape index (κ3) is 1.61. The molecule has 1 heterocycles. The third-order valence-electron chi connectivity index (χ3n) is 4.90. The average molecular weight is 279 g/mol. The molecular formula is C18H17NO2. The van der Waals surface area contributed by atoms with Gasteiger partial charge in [-0.15, -0.1) is 0 Å². The van der Waals surface area contributed by atoms with Crippen molar-refractivity contribution in [1.29, 1.82) is 0 Å². The lowest BCUT2D eigenvalue weighted by Gasteiger charge is -2.32. The summed E-state index contributed by atoms with van der Waals surface area (Å²) in [6.07, 6.45) is 1.59. The van der Waals surface area contributed by atoms with Gasteiger partial charge in [0.15, 0.2) is 0 Å². The first kappa shape index (κ1) is 12.6. The normalized spacial score (nSPS) is 23.8. The molecule has 2 aromatic carbocycles. The number of nitrogens with one attached hydrogen (secondary N) is 1. The Bertz CT molecular complexity index is 671. The predicted octanol–water partition coefficient (Wildman–Crippen LogP) is 3.01. The summed E-state index contributed by atoms with van der Waals surface area (Å²) < 4.78 is 0. The number of carboxylic acid groups (broad SMARTS) is 1. The van der Waals surface area contributed by atoms with Crippen LogP contribution in [0.25, 0.3) is 11.1 Å². The Morgan fingerprint density at radius 2 is 1.62 bits per heavy atom. The van der Waals surface area contributed by atoms with Gasteiger partial charge < -0.3 is 10.4 Å². The van der Waals surface area contributed by atoms with E-state index in [-0.39, 0.29) is 5.92 Å². The zero-order valence-corrected chi connectivity index (χ0v) is 11.7. The molecule has 0 radical (unpaired) electrons. The molecule has 3 heteroatoms. The van der Waals surface area contributed by atoms with Crippen LogP contribution in [-0.2, 0) is 4.79 Å². The molecule has 0 unspecified atom stereocenters. The van der Waals surface area contributed by atoms with E-state index in [1.165, 1.54) is 11.1 Å². The molecule has 2 aromatic rings. The first-order valence-corrected chi connectivity index (χ1v) is 7.41. The highest BCUT2D eigenvalue weighted by Gasteiger charge is 2.52. The quantitative estimate of drug-likeness (QED) is 0.888. The van der Waals surface area contributed by atoms with Gasteiger partial charge in [0.2, 0.25) is 0 Å². The fourth-order valence-electron chi connectivity index (χ4n) is 4.01. The lowest BCUT2D eigenvalue weighted by atomic mass is 9.76. The van der Waals surface area contributed by atoms with Gasteiger partial charge in [-0.05, 0) is 41.6 Å². The van der Waals surface area contributed by atoms with Gasteiger partial charge in [-0.3, -0.25) is 4.79 Å². The van der Waals surface area contributed by atoms with Crippen molar-refractivity contribution in [3.8, 4) is 11.1 Å². The summed E-state index contributed by atoms with van der Waals surface area (Å²) in [6, 6.07) is 16.4. The lowest BCUT2D eigenvalue weighted by molar-refractivity contribution is -0.144. The Labute approximate surface area is 123 Å². The first-order chi connectivity index (χ1) is 10.2. The Morgan fingerprint density at radius 3 is 2.10 bits per heavy atom. The van der Waals surface area contributed by atoms with Gasteiger partial charge >= 0.3 is 5.97 Å². The van der Waals surface area contributed by atoms with Crippen molar-refractivity contribution in [3.05, 3.63) is 59.7 Å². The Kier molecular flexibility index (Phi) is 2.66. The van der Waals surface area contributed by atoms with Crippen LogP contribution in [0.5, 0.6) is 0 Å². The highest BCUT2D eigenvalue weighted by molar-refractivity contribution is 5.88. The largest absolute Gasteiger partial charge is 0.480 e. The number of rotatable bonds is 2. The van der Waals surface area contributed by atoms with Crippen LogP contribution in [0.15, 0.2) is 48.5 Å². The Morgan fingerprint density at radius 1 is 1.05 bits per heavy atom. The van der Waals surface area contributed by atoms with Crippen LogP contribution in [0.1, 0.15) is 29.9 Å². The van der Waals surface area contributed by atoms with Crippen LogP contribution in [-0.4, -0.2) is 23.2 Å². The number of carbonyl (C=O) groups is 1. The van der Waals surface area contributed by atoms with Crippen LogP contribution >= 0.6 is 0 Å². The molecule has 2 aliphatic rings. The third-order valence-corrected chi connectivity index (χ3v) is 4.90. The molecule has 4 rings (SSSR count). The summed E-state index contributed by atoms with van der Waals surface area (Å²) in [5.74, 6) is -0.846. The van der Waals surface area contributed by atoms with Gasteiger partial charge in [-0.25, -0.2) is 0 Å². The molecule has 0 bridgehead atoms. The van der Waals surface area contributed by atoms with Crippen molar-refractivity contribution in [2.45, 2.75) is 24.3 Å². The zero-order valence-electron chi connectivity index (χ0n) is 11.7. The van der Waals surface area contributed by atoms with Crippen LogP contribution in [0.2, 0.25) is 0 Å². The van der Waals surface area contributed by atoms with Crippen LogP contribution < -0.4 is 5.32 Å². The van der Waals surface area contributed by atoms with Crippen molar-refractivity contribution < 1.29 is 9.90 Å². The average Bonchev–Trinajstić information content (AvgIpc) is 3.10. The minimum Gasteiger partial charge on any atom is -0.480 e. The van der Waals surface area contributed by atoms with E-state index in [4.69, 9.17) is 0 Å². The van der Waals surface area contributed by atoms with E-state index in [1.807, 2.05) is 24.3 Å². The highest BCUT2D eigenvalue weighted by atomic mass is 16.4. The standard InChI is InChI=1S/C18H17NO2/c20-17(21)18(10-5-11-19-18)16-14-8-3-1-6-12(14)13-7-2-4-9-15(13)16/h1-4,6-9,16,19H,5,10-11H2,(H,20,21)/t18-/m1/s1.